The van der Waals surface area contributed by atoms with E-state index in [0.29, 0.717) is 23.2 Å². The van der Waals surface area contributed by atoms with Crippen molar-refractivity contribution in [2.75, 3.05) is 26.2 Å². The van der Waals surface area contributed by atoms with Crippen molar-refractivity contribution in [2.24, 2.45) is 16.9 Å². The van der Waals surface area contributed by atoms with E-state index in [9.17, 15) is 9.59 Å². The van der Waals surface area contributed by atoms with Gasteiger partial charge in [-0.25, -0.2) is 5.01 Å². The van der Waals surface area contributed by atoms with Crippen molar-refractivity contribution in [3.63, 3.8) is 0 Å². The minimum atomic E-state index is -0.190. The van der Waals surface area contributed by atoms with Crippen molar-refractivity contribution in [3.8, 4) is 0 Å². The van der Waals surface area contributed by atoms with Crippen LogP contribution in [0, 0.1) is 11.8 Å². The number of esters is 1. The number of ether oxygens (including phenoxy) is 1. The lowest BCUT2D eigenvalue weighted by atomic mass is 9.77. The highest BCUT2D eigenvalue weighted by Gasteiger charge is 2.44. The van der Waals surface area contributed by atoms with Gasteiger partial charge in [0, 0.05) is 22.5 Å². The van der Waals surface area contributed by atoms with Crippen molar-refractivity contribution in [1.82, 2.24) is 9.91 Å². The molecule has 38 heavy (non-hydrogen) atoms. The Morgan fingerprint density at radius 2 is 1.74 bits per heavy atom. The van der Waals surface area contributed by atoms with Crippen LogP contribution < -0.4 is 0 Å². The number of likely N-dealkylation sites (tertiary alicyclic amines) is 1. The number of hydrogen-bond acceptors (Lipinski definition) is 5. The minimum Gasteiger partial charge on any atom is -0.466 e. The summed E-state index contributed by atoms with van der Waals surface area (Å²) in [6.45, 7) is 3.73. The highest BCUT2D eigenvalue weighted by molar-refractivity contribution is 6.30. The van der Waals surface area contributed by atoms with Crippen LogP contribution in [0.1, 0.15) is 56.2 Å². The molecule has 2 fully saturated rings. The normalized spacial score (nSPS) is 24.7. The second kappa shape index (κ2) is 12.0. The number of rotatable bonds is 6. The molecular formula is C30H33Cl2N3O3. The number of fused-ring (bicyclic) bond motifs is 1. The van der Waals surface area contributed by atoms with Crippen LogP contribution in [0.4, 0.5) is 0 Å². The number of piperidine rings is 1. The Bertz CT molecular complexity index is 1230. The number of nitrogens with zero attached hydrogens (tertiary/aromatic N) is 3. The van der Waals surface area contributed by atoms with Gasteiger partial charge in [-0.2, -0.15) is 5.10 Å². The smallest absolute Gasteiger partial charge is 0.310 e. The number of carbonyl (C=O) groups excluding carboxylic acids is 2. The van der Waals surface area contributed by atoms with Gasteiger partial charge in [0.2, 0.25) is 0 Å². The van der Waals surface area contributed by atoms with Crippen LogP contribution in [0.25, 0.3) is 6.08 Å². The van der Waals surface area contributed by atoms with E-state index in [-0.39, 0.29) is 36.3 Å². The molecule has 3 aliphatic rings. The summed E-state index contributed by atoms with van der Waals surface area (Å²) in [6, 6.07) is 15.3. The van der Waals surface area contributed by atoms with E-state index >= 15 is 0 Å². The number of carbonyl (C=O) groups is 2. The zero-order valence-corrected chi connectivity index (χ0v) is 23.1. The Balaban J connectivity index is 1.42. The SMILES string of the molecule is CCOC(=O)[C@H]1CCCN(CC(=O)N2N=C3/C(=C/c4ccc(Cl)cc4)CCC[C@@H]3[C@@H]2c2ccc(Cl)cc2)C1. The Morgan fingerprint density at radius 1 is 1.03 bits per heavy atom. The monoisotopic (exact) mass is 553 g/mol. The summed E-state index contributed by atoms with van der Waals surface area (Å²) in [4.78, 5) is 28.2. The molecule has 6 nitrogen and oxygen atoms in total. The van der Waals surface area contributed by atoms with Gasteiger partial charge in [0.15, 0.2) is 0 Å². The summed E-state index contributed by atoms with van der Waals surface area (Å²) in [5.41, 5.74) is 4.25. The third kappa shape index (κ3) is 5.98. The van der Waals surface area contributed by atoms with Gasteiger partial charge in [-0.05, 0) is 92.6 Å². The lowest BCUT2D eigenvalue weighted by Gasteiger charge is -2.33. The molecule has 1 amide bonds. The molecule has 3 atom stereocenters. The standard InChI is InChI=1S/C30H33Cl2N3O3/c1-2-38-30(37)23-6-4-16-34(18-23)19-27(36)35-29(21-10-14-25(32)15-11-21)26-7-3-5-22(28(26)33-35)17-20-8-12-24(31)13-9-20/h8-15,17,23,26,29H,2-7,16,18-19H2,1H3/b22-17+/t23-,26-,29-/m0/s1. The van der Waals surface area contributed by atoms with Crippen molar-refractivity contribution in [3.05, 3.63) is 75.3 Å². The van der Waals surface area contributed by atoms with Crippen molar-refractivity contribution < 1.29 is 14.3 Å². The van der Waals surface area contributed by atoms with Crippen molar-refractivity contribution >= 4 is 46.9 Å². The molecule has 0 radical (unpaired) electrons. The number of hydrogen-bond donors (Lipinski definition) is 0. The zero-order chi connectivity index (χ0) is 26.6. The van der Waals surface area contributed by atoms with E-state index in [0.717, 1.165) is 61.1 Å². The molecule has 1 saturated heterocycles. The first kappa shape index (κ1) is 26.9. The van der Waals surface area contributed by atoms with E-state index in [2.05, 4.69) is 11.0 Å². The van der Waals surface area contributed by atoms with Crippen LogP contribution >= 0.6 is 23.2 Å². The van der Waals surface area contributed by atoms with Crippen LogP contribution in [0.2, 0.25) is 10.0 Å². The van der Waals surface area contributed by atoms with Crippen LogP contribution in [-0.4, -0.2) is 53.7 Å². The second-order valence-electron chi connectivity index (χ2n) is 10.3. The molecule has 0 unspecified atom stereocenters. The quantitative estimate of drug-likeness (QED) is 0.388. The topological polar surface area (TPSA) is 62.2 Å². The Hall–Kier alpha value is -2.67. The molecular weight excluding hydrogens is 521 g/mol. The molecule has 0 aromatic heterocycles. The van der Waals surface area contributed by atoms with Gasteiger partial charge in [-0.3, -0.25) is 14.5 Å². The van der Waals surface area contributed by atoms with E-state index in [4.69, 9.17) is 33.0 Å². The van der Waals surface area contributed by atoms with Gasteiger partial charge < -0.3 is 4.74 Å². The van der Waals surface area contributed by atoms with Gasteiger partial charge in [0.25, 0.3) is 5.91 Å². The summed E-state index contributed by atoms with van der Waals surface area (Å²) in [6.07, 6.45) is 6.74. The molecule has 1 aliphatic carbocycles. The Kier molecular flexibility index (Phi) is 8.51. The lowest BCUT2D eigenvalue weighted by Crippen LogP contribution is -2.45. The first-order chi connectivity index (χ1) is 18.4. The average Bonchev–Trinajstić information content (AvgIpc) is 3.32. The summed E-state index contributed by atoms with van der Waals surface area (Å²) in [5, 5.41) is 8.05. The van der Waals surface area contributed by atoms with E-state index in [1.54, 1.807) is 5.01 Å². The minimum absolute atomic E-state index is 0.0535. The van der Waals surface area contributed by atoms with Gasteiger partial charge in [-0.15, -0.1) is 0 Å². The van der Waals surface area contributed by atoms with Crippen LogP contribution in [0.5, 0.6) is 0 Å². The number of amides is 1. The third-order valence-corrected chi connectivity index (χ3v) is 8.17. The molecule has 8 heteroatoms. The van der Waals surface area contributed by atoms with Crippen LogP contribution in [0.15, 0.2) is 59.2 Å². The number of allylic oxidation sites excluding steroid dienone is 1. The molecule has 0 N–H and O–H groups in total. The fourth-order valence-corrected chi connectivity index (χ4v) is 6.13. The molecule has 0 bridgehead atoms. The van der Waals surface area contributed by atoms with E-state index in [1.165, 1.54) is 0 Å². The fraction of sp³-hybridized carbons (Fsp3) is 0.433. The predicted molar refractivity (Wildman–Crippen MR) is 151 cm³/mol. The van der Waals surface area contributed by atoms with E-state index in [1.807, 2.05) is 55.5 Å². The van der Waals surface area contributed by atoms with Gasteiger partial charge in [0.1, 0.15) is 0 Å². The average molecular weight is 555 g/mol. The molecule has 2 aromatic carbocycles. The van der Waals surface area contributed by atoms with Gasteiger partial charge in [0.05, 0.1) is 30.8 Å². The third-order valence-electron chi connectivity index (χ3n) is 7.66. The summed E-state index contributed by atoms with van der Waals surface area (Å²) in [7, 11) is 0. The number of benzene rings is 2. The van der Waals surface area contributed by atoms with E-state index < -0.39 is 0 Å². The highest BCUT2D eigenvalue weighted by Crippen LogP contribution is 2.44. The largest absolute Gasteiger partial charge is 0.466 e. The zero-order valence-electron chi connectivity index (χ0n) is 21.6. The highest BCUT2D eigenvalue weighted by atomic mass is 35.5. The first-order valence-corrected chi connectivity index (χ1v) is 14.2. The maximum Gasteiger partial charge on any atom is 0.310 e. The number of hydrazone groups is 1. The predicted octanol–water partition coefficient (Wildman–Crippen LogP) is 6.39. The molecule has 5 rings (SSSR count). The molecule has 2 aliphatic heterocycles. The van der Waals surface area contributed by atoms with Crippen LogP contribution in [0.3, 0.4) is 0 Å². The maximum absolute atomic E-state index is 13.8. The van der Waals surface area contributed by atoms with Crippen molar-refractivity contribution in [2.45, 2.75) is 45.1 Å². The van der Waals surface area contributed by atoms with Gasteiger partial charge >= 0.3 is 5.97 Å². The molecule has 1 saturated carbocycles. The second-order valence-corrected chi connectivity index (χ2v) is 11.1. The lowest BCUT2D eigenvalue weighted by molar-refractivity contribution is -0.151. The van der Waals surface area contributed by atoms with Crippen molar-refractivity contribution in [1.29, 1.82) is 0 Å². The summed E-state index contributed by atoms with van der Waals surface area (Å²) < 4.78 is 5.24. The Morgan fingerprint density at radius 3 is 2.45 bits per heavy atom. The van der Waals surface area contributed by atoms with Gasteiger partial charge in [-0.1, -0.05) is 47.5 Å². The summed E-state index contributed by atoms with van der Waals surface area (Å²) in [5.74, 6) is -0.304. The molecule has 2 heterocycles. The Labute approximate surface area is 234 Å². The molecule has 0 spiro atoms. The number of halogens is 2. The molecule has 200 valence electrons. The maximum atomic E-state index is 13.8. The first-order valence-electron chi connectivity index (χ1n) is 13.4. The van der Waals surface area contributed by atoms with Crippen LogP contribution in [-0.2, 0) is 14.3 Å². The summed E-state index contributed by atoms with van der Waals surface area (Å²) >= 11 is 12.3. The molecule has 2 aromatic rings. The fourth-order valence-electron chi connectivity index (χ4n) is 5.88.